The smallest absolute Gasteiger partial charge is 0.260 e. The molecular weight excluding hydrogens is 232 g/mol. The molecule has 0 heterocycles. The van der Waals surface area contributed by atoms with Crippen LogP contribution in [0, 0.1) is 0 Å². The maximum atomic E-state index is 10.8. The van der Waals surface area contributed by atoms with E-state index in [1.807, 2.05) is 0 Å². The van der Waals surface area contributed by atoms with E-state index in [9.17, 15) is 30.7 Å². The Hall–Kier alpha value is -0.240. The van der Waals surface area contributed by atoms with Gasteiger partial charge in [0.1, 0.15) is 0 Å². The largest absolute Gasteiger partial charge is 0.349 e. The van der Waals surface area contributed by atoms with Crippen molar-refractivity contribution in [1.82, 2.24) is 0 Å². The van der Waals surface area contributed by atoms with E-state index in [0.717, 1.165) is 0 Å². The molecule has 0 aromatic heterocycles. The first-order valence-electron chi connectivity index (χ1n) is 2.53. The maximum Gasteiger partial charge on any atom is 0.349 e. The second-order valence-corrected chi connectivity index (χ2v) is 1.96. The molecule has 0 spiro atoms. The predicted molar refractivity (Wildman–Crippen MR) is 29.9 cm³/mol. The molecule has 0 N–H and O–H groups in total. The van der Waals surface area contributed by atoms with Crippen LogP contribution >= 0.6 is 11.6 Å². The molecule has 82 valence electrons. The first kappa shape index (κ1) is 15.2. The van der Waals surface area contributed by atoms with Crippen molar-refractivity contribution in [2.24, 2.45) is 0 Å². The summed E-state index contributed by atoms with van der Waals surface area (Å²) in [6.07, 6.45) is 0. The molecule has 0 rings (SSSR count). The summed E-state index contributed by atoms with van der Waals surface area (Å²) in [7, 11) is 0. The topological polar surface area (TPSA) is 9.23 Å². The normalized spacial score (nSPS) is 11.5. The van der Waals surface area contributed by atoms with Crippen molar-refractivity contribution in [2.45, 2.75) is 18.6 Å². The van der Waals surface area contributed by atoms with Crippen molar-refractivity contribution in [3.8, 4) is 0 Å². The van der Waals surface area contributed by atoms with Gasteiger partial charge in [0.15, 0.2) is 6.67 Å². The van der Waals surface area contributed by atoms with Crippen LogP contribution in [0.2, 0.25) is 0 Å². The van der Waals surface area contributed by atoms with Gasteiger partial charge in [0.25, 0.3) is 0 Å². The minimum absolute atomic E-state index is 1.80. The third-order valence-corrected chi connectivity index (χ3v) is 0.458. The number of alkyl halides is 8. The second-order valence-electron chi connectivity index (χ2n) is 1.41. The molecule has 0 saturated heterocycles. The lowest BCUT2D eigenvalue weighted by Crippen LogP contribution is -2.06. The van der Waals surface area contributed by atoms with E-state index in [1.54, 1.807) is 0 Å². The maximum absolute atomic E-state index is 10.8. The van der Waals surface area contributed by atoms with E-state index < -0.39 is 25.3 Å². The summed E-state index contributed by atoms with van der Waals surface area (Å²) in [6.45, 7) is -8.55. The Morgan fingerprint density at radius 1 is 1.08 bits per heavy atom. The fraction of sp³-hybridized carbons (Fsp3) is 1.00. The lowest BCUT2D eigenvalue weighted by molar-refractivity contribution is -0.245. The van der Waals surface area contributed by atoms with Gasteiger partial charge in [-0.3, -0.25) is 4.74 Å². The molecule has 13 heavy (non-hydrogen) atoms. The molecule has 0 aliphatic rings. The summed E-state index contributed by atoms with van der Waals surface area (Å²) in [4.78, 5) is 0. The minimum Gasteiger partial charge on any atom is -0.260 e. The van der Waals surface area contributed by atoms with E-state index in [4.69, 9.17) is 0 Å². The van der Waals surface area contributed by atoms with Gasteiger partial charge in [-0.1, -0.05) is 0 Å². The van der Waals surface area contributed by atoms with Gasteiger partial charge in [-0.25, -0.2) is 4.39 Å². The molecule has 0 aromatic carbocycles. The molecule has 0 radical (unpaired) electrons. The molecule has 0 fully saturated rings. The predicted octanol–water partition coefficient (Wildman–Crippen LogP) is 3.24. The molecule has 1 nitrogen and oxygen atoms in total. The Morgan fingerprint density at radius 2 is 1.31 bits per heavy atom. The highest BCUT2D eigenvalue weighted by atomic mass is 35.5. The highest BCUT2D eigenvalue weighted by Crippen LogP contribution is 2.17. The Labute approximate surface area is 73.4 Å². The van der Waals surface area contributed by atoms with Gasteiger partial charge in [0, 0.05) is 0 Å². The number of hydrogen-bond acceptors (Lipinski definition) is 1. The first-order chi connectivity index (χ1) is 5.69. The molecular formula is C4H4ClF7O. The molecule has 0 saturated carbocycles. The molecule has 0 bridgehead atoms. The monoisotopic (exact) mass is 236 g/mol. The van der Waals surface area contributed by atoms with Gasteiger partial charge in [0.05, 0.1) is 0 Å². The minimum atomic E-state index is -3.65. The van der Waals surface area contributed by atoms with Crippen molar-refractivity contribution in [1.29, 1.82) is 0 Å². The quantitative estimate of drug-likeness (QED) is 0.540. The Morgan fingerprint density at radius 3 is 1.31 bits per heavy atom. The van der Waals surface area contributed by atoms with Gasteiger partial charge >= 0.3 is 18.6 Å². The number of hydrogen-bond donors (Lipinski definition) is 0. The van der Waals surface area contributed by atoms with Crippen molar-refractivity contribution in [2.75, 3.05) is 6.67 Å². The zero-order valence-electron chi connectivity index (χ0n) is 5.79. The zero-order chi connectivity index (χ0) is 11.1. The van der Waals surface area contributed by atoms with Crippen LogP contribution in [0.3, 0.4) is 0 Å². The standard InChI is InChI=1S/C2H2ClF3.C2H2F4O/c3-2(5,6)1-4;3-1(4)7-2(5)6/h1H2;1-2H. The molecule has 0 aliphatic carbocycles. The lowest BCUT2D eigenvalue weighted by atomic mass is 10.8. The van der Waals surface area contributed by atoms with E-state index >= 15 is 0 Å². The molecule has 0 amide bonds. The fourth-order valence-corrected chi connectivity index (χ4v) is 0.0778. The lowest BCUT2D eigenvalue weighted by Gasteiger charge is -1.95. The highest BCUT2D eigenvalue weighted by Gasteiger charge is 2.23. The van der Waals surface area contributed by atoms with Crippen LogP contribution in [-0.4, -0.2) is 25.3 Å². The molecule has 0 atom stereocenters. The van der Waals surface area contributed by atoms with Crippen LogP contribution in [0.25, 0.3) is 0 Å². The molecule has 0 aromatic rings. The average molecular weight is 237 g/mol. The van der Waals surface area contributed by atoms with Crippen molar-refractivity contribution in [3.63, 3.8) is 0 Å². The van der Waals surface area contributed by atoms with Crippen LogP contribution in [0.15, 0.2) is 0 Å². The first-order valence-corrected chi connectivity index (χ1v) is 2.91. The zero-order valence-corrected chi connectivity index (χ0v) is 6.55. The molecule has 9 heteroatoms. The number of ether oxygens (including phenoxy) is 1. The highest BCUT2D eigenvalue weighted by molar-refractivity contribution is 6.21. The number of halogens is 8. The molecule has 0 aliphatic heterocycles. The summed E-state index contributed by atoms with van der Waals surface area (Å²) < 4.78 is 77.2. The van der Waals surface area contributed by atoms with Crippen LogP contribution in [0.5, 0.6) is 0 Å². The Kier molecular flexibility index (Phi) is 8.43. The third kappa shape index (κ3) is 24.5. The molecule has 0 unspecified atom stereocenters. The van der Waals surface area contributed by atoms with Gasteiger partial charge in [-0.05, 0) is 11.6 Å². The van der Waals surface area contributed by atoms with Gasteiger partial charge in [-0.15, -0.1) is 0 Å². The van der Waals surface area contributed by atoms with Crippen molar-refractivity contribution >= 4 is 11.6 Å². The van der Waals surface area contributed by atoms with Gasteiger partial charge < -0.3 is 0 Å². The van der Waals surface area contributed by atoms with Gasteiger partial charge in [0.2, 0.25) is 0 Å². The van der Waals surface area contributed by atoms with E-state index in [1.165, 1.54) is 0 Å². The summed E-state index contributed by atoms with van der Waals surface area (Å²) in [6, 6.07) is 0. The summed E-state index contributed by atoms with van der Waals surface area (Å²) in [5.74, 6) is 0. The Balaban J connectivity index is 0. The Bertz CT molecular complexity index is 108. The summed E-state index contributed by atoms with van der Waals surface area (Å²) in [5.41, 5.74) is 0. The van der Waals surface area contributed by atoms with Crippen LogP contribution in [0.4, 0.5) is 30.7 Å². The second kappa shape index (κ2) is 7.19. The van der Waals surface area contributed by atoms with Crippen molar-refractivity contribution < 1.29 is 35.5 Å². The van der Waals surface area contributed by atoms with Crippen molar-refractivity contribution in [3.05, 3.63) is 0 Å². The summed E-state index contributed by atoms with van der Waals surface area (Å²) in [5, 5.41) is -3.65. The number of rotatable bonds is 3. The van der Waals surface area contributed by atoms with Crippen LogP contribution in [-0.2, 0) is 4.74 Å². The van der Waals surface area contributed by atoms with Crippen LogP contribution in [0.1, 0.15) is 0 Å². The fourth-order valence-electron chi connectivity index (χ4n) is 0.0778. The van der Waals surface area contributed by atoms with E-state index in [0.29, 0.717) is 0 Å². The third-order valence-electron chi connectivity index (χ3n) is 0.357. The average Bonchev–Trinajstić information content (AvgIpc) is 1.84. The van der Waals surface area contributed by atoms with E-state index in [-0.39, 0.29) is 0 Å². The van der Waals surface area contributed by atoms with Gasteiger partial charge in [-0.2, -0.15) is 26.3 Å². The van der Waals surface area contributed by atoms with E-state index in [2.05, 4.69) is 16.3 Å². The summed E-state index contributed by atoms with van der Waals surface area (Å²) >= 11 is 4.01. The SMILES string of the molecule is FC(F)OC(F)F.FCC(F)(F)Cl. The van der Waals surface area contributed by atoms with Crippen LogP contribution < -0.4 is 0 Å².